The molecule has 24 heavy (non-hydrogen) atoms. The number of amides is 2. The average Bonchev–Trinajstić information content (AvgIpc) is 3.04. The lowest BCUT2D eigenvalue weighted by Gasteiger charge is -2.27. The van der Waals surface area contributed by atoms with Crippen molar-refractivity contribution in [3.05, 3.63) is 21.9 Å². The third-order valence-corrected chi connectivity index (χ3v) is 5.54. The Morgan fingerprint density at radius 2 is 2.12 bits per heavy atom. The number of carboxylic acid groups (broad SMARTS) is 1. The first-order chi connectivity index (χ1) is 11.4. The molecule has 0 aliphatic carbocycles. The fourth-order valence-corrected chi connectivity index (χ4v) is 3.66. The summed E-state index contributed by atoms with van der Waals surface area (Å²) < 4.78 is 0. The second kappa shape index (κ2) is 8.28. The predicted octanol–water partition coefficient (Wildman–Crippen LogP) is 2.03. The lowest BCUT2D eigenvalue weighted by atomic mass is 9.99. The molecule has 0 bridgehead atoms. The molecule has 132 valence electrons. The Bertz CT molecular complexity index is 613. The zero-order valence-electron chi connectivity index (χ0n) is 14.1. The summed E-state index contributed by atoms with van der Waals surface area (Å²) in [7, 11) is 0. The summed E-state index contributed by atoms with van der Waals surface area (Å²) in [5.41, 5.74) is 1.19. The Morgan fingerprint density at radius 3 is 2.79 bits per heavy atom. The fourth-order valence-electron chi connectivity index (χ4n) is 2.77. The van der Waals surface area contributed by atoms with Crippen molar-refractivity contribution >= 4 is 29.1 Å². The monoisotopic (exact) mass is 352 g/mol. The van der Waals surface area contributed by atoms with Crippen molar-refractivity contribution in [3.63, 3.8) is 0 Å². The Labute approximate surface area is 145 Å². The van der Waals surface area contributed by atoms with E-state index in [9.17, 15) is 19.5 Å². The number of carbonyl (C=O) groups excluding carboxylic acids is 2. The molecule has 1 aromatic rings. The maximum atomic E-state index is 12.3. The summed E-state index contributed by atoms with van der Waals surface area (Å²) in [4.78, 5) is 38.6. The van der Waals surface area contributed by atoms with Gasteiger partial charge in [0.1, 0.15) is 6.04 Å². The molecule has 2 amide bonds. The molecule has 1 aliphatic rings. The molecule has 1 aromatic heterocycles. The van der Waals surface area contributed by atoms with Crippen molar-refractivity contribution < 1.29 is 19.5 Å². The van der Waals surface area contributed by atoms with Crippen molar-refractivity contribution in [2.45, 2.75) is 52.1 Å². The van der Waals surface area contributed by atoms with Gasteiger partial charge < -0.3 is 15.3 Å². The normalized spacial score (nSPS) is 16.2. The number of hydrogen-bond donors (Lipinski definition) is 2. The van der Waals surface area contributed by atoms with Crippen LogP contribution in [0, 0.1) is 5.92 Å². The standard InChI is InChI=1S/C17H24N2O4S/c1-3-11(2)16(17(22)23)18-14(20)4-5-15(21)19-8-6-13-12(10-19)7-9-24-13/h7,9,11,16H,3-6,8,10H2,1-2H3,(H,18,20)(H,22,23). The van der Waals surface area contributed by atoms with Crippen LogP contribution >= 0.6 is 11.3 Å². The van der Waals surface area contributed by atoms with Crippen LogP contribution in [0.5, 0.6) is 0 Å². The van der Waals surface area contributed by atoms with Gasteiger partial charge >= 0.3 is 5.97 Å². The summed E-state index contributed by atoms with van der Waals surface area (Å²) in [6.45, 7) is 4.95. The largest absolute Gasteiger partial charge is 0.480 e. The zero-order chi connectivity index (χ0) is 17.7. The van der Waals surface area contributed by atoms with Crippen molar-refractivity contribution in [1.29, 1.82) is 0 Å². The van der Waals surface area contributed by atoms with E-state index in [0.29, 0.717) is 19.5 Å². The maximum absolute atomic E-state index is 12.3. The van der Waals surface area contributed by atoms with Crippen LogP contribution < -0.4 is 5.32 Å². The number of aliphatic carboxylic acids is 1. The van der Waals surface area contributed by atoms with Crippen LogP contribution in [0.3, 0.4) is 0 Å². The first-order valence-electron chi connectivity index (χ1n) is 8.27. The summed E-state index contributed by atoms with van der Waals surface area (Å²) >= 11 is 1.71. The van der Waals surface area contributed by atoms with Crippen molar-refractivity contribution in [3.8, 4) is 0 Å². The third kappa shape index (κ3) is 4.56. The summed E-state index contributed by atoms with van der Waals surface area (Å²) in [5, 5.41) is 13.8. The van der Waals surface area contributed by atoms with Gasteiger partial charge in [0.05, 0.1) is 0 Å². The molecule has 6 nitrogen and oxygen atoms in total. The van der Waals surface area contributed by atoms with Gasteiger partial charge in [-0.05, 0) is 29.3 Å². The smallest absolute Gasteiger partial charge is 0.326 e. The van der Waals surface area contributed by atoms with Crippen molar-refractivity contribution in [1.82, 2.24) is 10.2 Å². The molecule has 0 saturated heterocycles. The van der Waals surface area contributed by atoms with E-state index in [-0.39, 0.29) is 30.6 Å². The van der Waals surface area contributed by atoms with Gasteiger partial charge in [0.25, 0.3) is 0 Å². The molecular formula is C17H24N2O4S. The van der Waals surface area contributed by atoms with E-state index in [0.717, 1.165) is 6.42 Å². The minimum atomic E-state index is -1.04. The van der Waals surface area contributed by atoms with E-state index in [2.05, 4.69) is 5.32 Å². The average molecular weight is 352 g/mol. The number of thiophene rings is 1. The number of carboxylic acids is 1. The van der Waals surface area contributed by atoms with Crippen molar-refractivity contribution in [2.24, 2.45) is 5.92 Å². The highest BCUT2D eigenvalue weighted by atomic mass is 32.1. The SMILES string of the molecule is CCC(C)C(NC(=O)CCC(=O)N1CCc2sccc2C1)C(=O)O. The van der Waals surface area contributed by atoms with Gasteiger partial charge in [-0.1, -0.05) is 20.3 Å². The van der Waals surface area contributed by atoms with E-state index in [1.54, 1.807) is 23.2 Å². The molecule has 0 aromatic carbocycles. The van der Waals surface area contributed by atoms with Crippen LogP contribution in [-0.4, -0.2) is 40.4 Å². The highest BCUT2D eigenvalue weighted by molar-refractivity contribution is 7.10. The molecular weight excluding hydrogens is 328 g/mol. The van der Waals surface area contributed by atoms with Crippen LogP contribution in [0.4, 0.5) is 0 Å². The van der Waals surface area contributed by atoms with Crippen molar-refractivity contribution in [2.75, 3.05) is 6.54 Å². The number of fused-ring (bicyclic) bond motifs is 1. The van der Waals surface area contributed by atoms with Gasteiger partial charge in [0, 0.05) is 30.8 Å². The van der Waals surface area contributed by atoms with Crippen LogP contribution in [-0.2, 0) is 27.3 Å². The molecule has 2 atom stereocenters. The van der Waals surface area contributed by atoms with Gasteiger partial charge in [0.2, 0.25) is 11.8 Å². The van der Waals surface area contributed by atoms with Gasteiger partial charge in [-0.15, -0.1) is 11.3 Å². The van der Waals surface area contributed by atoms with E-state index < -0.39 is 12.0 Å². The maximum Gasteiger partial charge on any atom is 0.326 e. The minimum Gasteiger partial charge on any atom is -0.480 e. The lowest BCUT2D eigenvalue weighted by Crippen LogP contribution is -2.45. The first-order valence-corrected chi connectivity index (χ1v) is 9.15. The molecule has 0 spiro atoms. The number of rotatable bonds is 7. The number of nitrogens with one attached hydrogen (secondary N) is 1. The van der Waals surface area contributed by atoms with Gasteiger partial charge in [-0.25, -0.2) is 4.79 Å². The number of hydrogen-bond acceptors (Lipinski definition) is 4. The number of nitrogens with zero attached hydrogens (tertiary/aromatic N) is 1. The first kappa shape index (κ1) is 18.4. The molecule has 2 unspecified atom stereocenters. The highest BCUT2D eigenvalue weighted by Crippen LogP contribution is 2.24. The molecule has 2 rings (SSSR count). The molecule has 0 saturated carbocycles. The topological polar surface area (TPSA) is 86.7 Å². The van der Waals surface area contributed by atoms with E-state index >= 15 is 0 Å². The molecule has 0 fully saturated rings. The molecule has 1 aliphatic heterocycles. The van der Waals surface area contributed by atoms with Gasteiger partial charge in [0.15, 0.2) is 0 Å². The van der Waals surface area contributed by atoms with Crippen LogP contribution in [0.25, 0.3) is 0 Å². The highest BCUT2D eigenvalue weighted by Gasteiger charge is 2.26. The molecule has 0 radical (unpaired) electrons. The predicted molar refractivity (Wildman–Crippen MR) is 91.7 cm³/mol. The molecule has 2 N–H and O–H groups in total. The van der Waals surface area contributed by atoms with Gasteiger partial charge in [-0.3, -0.25) is 9.59 Å². The molecule has 7 heteroatoms. The Hall–Kier alpha value is -1.89. The quantitative estimate of drug-likeness (QED) is 0.786. The Morgan fingerprint density at radius 1 is 1.38 bits per heavy atom. The second-order valence-corrected chi connectivity index (χ2v) is 7.20. The van der Waals surface area contributed by atoms with E-state index in [1.807, 2.05) is 18.4 Å². The number of carbonyl (C=O) groups is 3. The Balaban J connectivity index is 1.81. The van der Waals surface area contributed by atoms with Crippen LogP contribution in [0.15, 0.2) is 11.4 Å². The van der Waals surface area contributed by atoms with E-state index in [1.165, 1.54) is 10.4 Å². The van der Waals surface area contributed by atoms with Crippen LogP contribution in [0.1, 0.15) is 43.6 Å². The summed E-state index contributed by atoms with van der Waals surface area (Å²) in [5.74, 6) is -1.63. The third-order valence-electron chi connectivity index (χ3n) is 4.52. The second-order valence-electron chi connectivity index (χ2n) is 6.20. The Kier molecular flexibility index (Phi) is 6.36. The van der Waals surface area contributed by atoms with Crippen LogP contribution in [0.2, 0.25) is 0 Å². The summed E-state index contributed by atoms with van der Waals surface area (Å²) in [6, 6.07) is 1.14. The molecule has 2 heterocycles. The van der Waals surface area contributed by atoms with Gasteiger partial charge in [-0.2, -0.15) is 0 Å². The minimum absolute atomic E-state index is 0.0199. The fraction of sp³-hybridized carbons (Fsp3) is 0.588. The van der Waals surface area contributed by atoms with E-state index in [4.69, 9.17) is 0 Å². The summed E-state index contributed by atoms with van der Waals surface area (Å²) in [6.07, 6.45) is 1.65. The lowest BCUT2D eigenvalue weighted by molar-refractivity contribution is -0.143. The zero-order valence-corrected chi connectivity index (χ0v) is 14.9.